The molecule has 5 heteroatoms. The van der Waals surface area contributed by atoms with E-state index in [1.807, 2.05) is 25.3 Å². The van der Waals surface area contributed by atoms with Crippen molar-refractivity contribution in [3.8, 4) is 0 Å². The van der Waals surface area contributed by atoms with Crippen LogP contribution in [0, 0.1) is 13.8 Å². The minimum atomic E-state index is 0.498. The average molecular weight is 297 g/mol. The third-order valence-electron chi connectivity index (χ3n) is 4.44. The summed E-state index contributed by atoms with van der Waals surface area (Å²) in [6.45, 7) is 7.22. The van der Waals surface area contributed by atoms with Crippen LogP contribution in [0.4, 0.5) is 5.82 Å². The van der Waals surface area contributed by atoms with Crippen molar-refractivity contribution >= 4 is 5.82 Å². The first-order chi connectivity index (χ1) is 10.6. The summed E-state index contributed by atoms with van der Waals surface area (Å²) in [6, 6.07) is 6.67. The molecular weight excluding hydrogens is 274 g/mol. The van der Waals surface area contributed by atoms with Gasteiger partial charge in [-0.1, -0.05) is 6.07 Å². The lowest BCUT2D eigenvalue weighted by molar-refractivity contribution is 0.321. The van der Waals surface area contributed by atoms with E-state index in [0.717, 1.165) is 37.6 Å². The van der Waals surface area contributed by atoms with E-state index in [9.17, 15) is 0 Å². The van der Waals surface area contributed by atoms with Gasteiger partial charge in [0.15, 0.2) is 0 Å². The Morgan fingerprint density at radius 2 is 2.14 bits per heavy atom. The van der Waals surface area contributed by atoms with Gasteiger partial charge in [-0.2, -0.15) is 0 Å². The number of hydrogen-bond donors (Lipinski definition) is 0. The quantitative estimate of drug-likeness (QED) is 0.865. The highest BCUT2D eigenvalue weighted by molar-refractivity contribution is 5.39. The second-order valence-corrected chi connectivity index (χ2v) is 6.07. The summed E-state index contributed by atoms with van der Waals surface area (Å²) >= 11 is 0. The maximum atomic E-state index is 4.51. The van der Waals surface area contributed by atoms with Gasteiger partial charge in [-0.15, -0.1) is 0 Å². The molecule has 1 atom stereocenters. The molecule has 2 aromatic heterocycles. The Morgan fingerprint density at radius 1 is 1.27 bits per heavy atom. The maximum absolute atomic E-state index is 4.51. The minimum absolute atomic E-state index is 0.498. The highest BCUT2D eigenvalue weighted by atomic mass is 15.3. The summed E-state index contributed by atoms with van der Waals surface area (Å²) in [6.07, 6.45) is 4.68. The van der Waals surface area contributed by atoms with Crippen LogP contribution in [-0.4, -0.2) is 46.0 Å². The molecule has 1 aliphatic rings. The largest absolute Gasteiger partial charge is 0.355 e. The predicted octanol–water partition coefficient (Wildman–Crippen LogP) is 2.20. The first-order valence-corrected chi connectivity index (χ1v) is 7.78. The van der Waals surface area contributed by atoms with E-state index in [0.29, 0.717) is 6.04 Å². The zero-order valence-corrected chi connectivity index (χ0v) is 13.5. The van der Waals surface area contributed by atoms with E-state index in [1.54, 1.807) is 6.33 Å². The number of pyridine rings is 1. The molecule has 1 unspecified atom stereocenters. The van der Waals surface area contributed by atoms with Crippen LogP contribution in [0.3, 0.4) is 0 Å². The Morgan fingerprint density at radius 3 is 2.91 bits per heavy atom. The van der Waals surface area contributed by atoms with E-state index >= 15 is 0 Å². The molecule has 1 fully saturated rings. The van der Waals surface area contributed by atoms with E-state index < -0.39 is 0 Å². The minimum Gasteiger partial charge on any atom is -0.355 e. The van der Waals surface area contributed by atoms with E-state index in [1.165, 1.54) is 11.3 Å². The Hall–Kier alpha value is -2.01. The van der Waals surface area contributed by atoms with Gasteiger partial charge in [0, 0.05) is 50.7 Å². The van der Waals surface area contributed by atoms with E-state index in [2.05, 4.69) is 44.8 Å². The van der Waals surface area contributed by atoms with Gasteiger partial charge >= 0.3 is 0 Å². The van der Waals surface area contributed by atoms with Gasteiger partial charge < -0.3 is 4.90 Å². The molecule has 0 amide bonds. The fraction of sp³-hybridized carbons (Fsp3) is 0.471. The van der Waals surface area contributed by atoms with Crippen molar-refractivity contribution in [2.45, 2.75) is 32.9 Å². The lowest BCUT2D eigenvalue weighted by Gasteiger charge is -2.26. The van der Waals surface area contributed by atoms with Crippen molar-refractivity contribution in [2.75, 3.05) is 25.0 Å². The van der Waals surface area contributed by atoms with Gasteiger partial charge in [0.25, 0.3) is 0 Å². The molecule has 2 aromatic rings. The molecule has 5 nitrogen and oxygen atoms in total. The molecule has 0 saturated carbocycles. The highest BCUT2D eigenvalue weighted by Gasteiger charge is 2.27. The third-order valence-corrected chi connectivity index (χ3v) is 4.44. The van der Waals surface area contributed by atoms with Gasteiger partial charge in [-0.05, 0) is 31.9 Å². The molecule has 0 radical (unpaired) electrons. The van der Waals surface area contributed by atoms with Crippen molar-refractivity contribution in [3.63, 3.8) is 0 Å². The summed E-state index contributed by atoms with van der Waals surface area (Å²) in [5, 5.41) is 0. The maximum Gasteiger partial charge on any atom is 0.132 e. The lowest BCUT2D eigenvalue weighted by Crippen LogP contribution is -2.35. The highest BCUT2D eigenvalue weighted by Crippen LogP contribution is 2.21. The SMILES string of the molecule is Cc1cc(N(C)C2CCN(Cc3ncccc3C)C2)ncn1. The van der Waals surface area contributed by atoms with Crippen LogP contribution in [0.25, 0.3) is 0 Å². The van der Waals surface area contributed by atoms with Crippen molar-refractivity contribution < 1.29 is 0 Å². The standard InChI is InChI=1S/C17H23N5/c1-13-5-4-7-18-16(13)11-22-8-6-15(10-22)21(3)17-9-14(2)19-12-20-17/h4-5,7,9,12,15H,6,8,10-11H2,1-3H3. The molecule has 0 bridgehead atoms. The monoisotopic (exact) mass is 297 g/mol. The molecule has 0 N–H and O–H groups in total. The van der Waals surface area contributed by atoms with Gasteiger partial charge in [-0.25, -0.2) is 9.97 Å². The van der Waals surface area contributed by atoms with E-state index in [-0.39, 0.29) is 0 Å². The Bertz CT molecular complexity index is 642. The van der Waals surface area contributed by atoms with Gasteiger partial charge in [0.2, 0.25) is 0 Å². The summed E-state index contributed by atoms with van der Waals surface area (Å²) in [7, 11) is 2.13. The van der Waals surface area contributed by atoms with Crippen LogP contribution in [-0.2, 0) is 6.54 Å². The predicted molar refractivity (Wildman–Crippen MR) is 87.8 cm³/mol. The summed E-state index contributed by atoms with van der Waals surface area (Å²) in [5.41, 5.74) is 3.46. The van der Waals surface area contributed by atoms with Crippen LogP contribution < -0.4 is 4.90 Å². The van der Waals surface area contributed by atoms with Crippen LogP contribution in [0.15, 0.2) is 30.7 Å². The number of hydrogen-bond acceptors (Lipinski definition) is 5. The van der Waals surface area contributed by atoms with Crippen molar-refractivity contribution in [1.29, 1.82) is 0 Å². The second-order valence-electron chi connectivity index (χ2n) is 6.07. The van der Waals surface area contributed by atoms with Crippen LogP contribution in [0.5, 0.6) is 0 Å². The number of nitrogens with zero attached hydrogens (tertiary/aromatic N) is 5. The molecule has 3 heterocycles. The number of likely N-dealkylation sites (tertiary alicyclic amines) is 1. The van der Waals surface area contributed by atoms with Gasteiger partial charge in [0.1, 0.15) is 12.1 Å². The zero-order valence-electron chi connectivity index (χ0n) is 13.5. The molecule has 116 valence electrons. The van der Waals surface area contributed by atoms with Crippen molar-refractivity contribution in [1.82, 2.24) is 19.9 Å². The summed E-state index contributed by atoms with van der Waals surface area (Å²) in [4.78, 5) is 17.8. The first kappa shape index (κ1) is 14.9. The number of likely N-dealkylation sites (N-methyl/N-ethyl adjacent to an activating group) is 1. The fourth-order valence-electron chi connectivity index (χ4n) is 2.99. The molecule has 0 spiro atoms. The van der Waals surface area contributed by atoms with E-state index in [4.69, 9.17) is 0 Å². The van der Waals surface area contributed by atoms with Crippen molar-refractivity contribution in [3.05, 3.63) is 47.7 Å². The fourth-order valence-corrected chi connectivity index (χ4v) is 2.99. The van der Waals surface area contributed by atoms with Crippen LogP contribution >= 0.6 is 0 Å². The summed E-state index contributed by atoms with van der Waals surface area (Å²) < 4.78 is 0. The zero-order chi connectivity index (χ0) is 15.5. The molecule has 22 heavy (non-hydrogen) atoms. The van der Waals surface area contributed by atoms with Gasteiger partial charge in [-0.3, -0.25) is 9.88 Å². The molecular formula is C17H23N5. The smallest absolute Gasteiger partial charge is 0.132 e. The molecule has 1 saturated heterocycles. The molecule has 0 aliphatic carbocycles. The number of aryl methyl sites for hydroxylation is 2. The summed E-state index contributed by atoms with van der Waals surface area (Å²) in [5.74, 6) is 1.01. The van der Waals surface area contributed by atoms with Crippen LogP contribution in [0.1, 0.15) is 23.4 Å². The molecule has 0 aromatic carbocycles. The molecule has 3 rings (SSSR count). The number of rotatable bonds is 4. The number of anilines is 1. The lowest BCUT2D eigenvalue weighted by atomic mass is 10.2. The average Bonchev–Trinajstić information content (AvgIpc) is 2.97. The van der Waals surface area contributed by atoms with Crippen LogP contribution in [0.2, 0.25) is 0 Å². The Labute approximate surface area is 132 Å². The Balaban J connectivity index is 1.64. The third kappa shape index (κ3) is 3.25. The first-order valence-electron chi connectivity index (χ1n) is 7.78. The number of aromatic nitrogens is 3. The topological polar surface area (TPSA) is 45.2 Å². The Kier molecular flexibility index (Phi) is 4.34. The van der Waals surface area contributed by atoms with Gasteiger partial charge in [0.05, 0.1) is 5.69 Å². The normalized spacial score (nSPS) is 18.6. The van der Waals surface area contributed by atoms with Crippen molar-refractivity contribution in [2.24, 2.45) is 0 Å². The second kappa shape index (κ2) is 6.40. The molecule has 1 aliphatic heterocycles.